The zero-order valence-electron chi connectivity index (χ0n) is 7.99. The fourth-order valence-corrected chi connectivity index (χ4v) is 0.802. The van der Waals surface area contributed by atoms with Gasteiger partial charge in [0, 0.05) is 6.61 Å². The Morgan fingerprint density at radius 3 is 1.62 bits per heavy atom. The van der Waals surface area contributed by atoms with Gasteiger partial charge in [0.15, 0.2) is 0 Å². The number of aliphatic hydroxyl groups excluding tert-OH is 1. The molecular weight excluding hydrogens is 174 g/mol. The van der Waals surface area contributed by atoms with Crippen LogP contribution >= 0.6 is 0 Å². The van der Waals surface area contributed by atoms with Gasteiger partial charge in [0.1, 0.15) is 0 Å². The molecule has 1 rings (SSSR count). The second-order valence-corrected chi connectivity index (χ2v) is 2.41. The Labute approximate surface area is 78.4 Å². The topological polar surface area (TPSA) is 89.8 Å². The summed E-state index contributed by atoms with van der Waals surface area (Å²) in [6.45, 7) is 4.43. The molecule has 1 fully saturated rings. The minimum absolute atomic E-state index is 0.250. The highest BCUT2D eigenvalue weighted by atomic mass is 16.6. The summed E-state index contributed by atoms with van der Waals surface area (Å²) in [4.78, 5) is 8.56. The van der Waals surface area contributed by atoms with E-state index in [2.05, 4.69) is 5.32 Å². The molecule has 0 radical (unpaired) electrons. The van der Waals surface area contributed by atoms with Gasteiger partial charge in [-0.25, -0.2) is 4.79 Å². The van der Waals surface area contributed by atoms with Gasteiger partial charge >= 0.3 is 6.16 Å². The van der Waals surface area contributed by atoms with Gasteiger partial charge in [-0.05, 0) is 32.9 Å². The van der Waals surface area contributed by atoms with Gasteiger partial charge in [-0.15, -0.1) is 0 Å². The van der Waals surface area contributed by atoms with Gasteiger partial charge in [-0.3, -0.25) is 0 Å². The maximum Gasteiger partial charge on any atom is 0.503 e. The first kappa shape index (κ1) is 14.7. The average molecular weight is 193 g/mol. The third-order valence-corrected chi connectivity index (χ3v) is 1.21. The molecule has 0 amide bonds. The fourth-order valence-electron chi connectivity index (χ4n) is 0.802. The number of piperidine rings is 1. The number of aliphatic hydroxyl groups is 1. The summed E-state index contributed by atoms with van der Waals surface area (Å²) in [6, 6.07) is 0. The highest BCUT2D eigenvalue weighted by molar-refractivity contribution is 5.53. The van der Waals surface area contributed by atoms with E-state index in [-0.39, 0.29) is 6.61 Å². The molecule has 0 aliphatic carbocycles. The first-order valence-electron chi connectivity index (χ1n) is 4.38. The zero-order chi connectivity index (χ0) is 10.5. The Bertz CT molecular complexity index is 88.8. The molecular formula is C8H19NO4. The summed E-state index contributed by atoms with van der Waals surface area (Å²) >= 11 is 0. The van der Waals surface area contributed by atoms with Crippen molar-refractivity contribution in [2.75, 3.05) is 19.7 Å². The smallest absolute Gasteiger partial charge is 0.450 e. The third kappa shape index (κ3) is 35.1. The van der Waals surface area contributed by atoms with E-state index in [0.717, 1.165) is 0 Å². The van der Waals surface area contributed by atoms with Gasteiger partial charge in [-0.2, -0.15) is 0 Å². The molecule has 80 valence electrons. The van der Waals surface area contributed by atoms with E-state index in [1.165, 1.54) is 32.4 Å². The molecule has 0 saturated carbocycles. The molecule has 1 saturated heterocycles. The standard InChI is InChI=1S/C5H11N.C2H6O.CH2O3/c1-2-4-6-5-3-1;1-2-3;2-1(3)4/h6H,1-5H2;3H,2H2,1H3;(H2,2,3,4). The molecule has 1 heterocycles. The molecule has 0 aromatic carbocycles. The SMILES string of the molecule is C1CCNCC1.CCO.O=C(O)O. The Morgan fingerprint density at radius 2 is 1.54 bits per heavy atom. The minimum Gasteiger partial charge on any atom is -0.450 e. The molecule has 0 bridgehead atoms. The molecule has 0 aromatic heterocycles. The Morgan fingerprint density at radius 1 is 1.23 bits per heavy atom. The zero-order valence-corrected chi connectivity index (χ0v) is 7.99. The van der Waals surface area contributed by atoms with Crippen molar-refractivity contribution in [2.24, 2.45) is 0 Å². The maximum absolute atomic E-state index is 8.56. The number of rotatable bonds is 0. The van der Waals surface area contributed by atoms with Crippen molar-refractivity contribution >= 4 is 6.16 Å². The molecule has 1 aliphatic rings. The van der Waals surface area contributed by atoms with Crippen LogP contribution in [-0.4, -0.2) is 41.2 Å². The Hall–Kier alpha value is -0.810. The number of nitrogens with one attached hydrogen (secondary N) is 1. The van der Waals surface area contributed by atoms with Crippen LogP contribution in [0.2, 0.25) is 0 Å². The van der Waals surface area contributed by atoms with E-state index in [1.807, 2.05) is 0 Å². The first-order chi connectivity index (χ1) is 6.15. The van der Waals surface area contributed by atoms with Crippen molar-refractivity contribution in [1.82, 2.24) is 5.32 Å². The predicted octanol–water partition coefficient (Wildman–Crippen LogP) is 0.981. The van der Waals surface area contributed by atoms with Gasteiger partial charge < -0.3 is 20.6 Å². The van der Waals surface area contributed by atoms with Crippen LogP contribution in [0.4, 0.5) is 4.79 Å². The number of hydrogen-bond donors (Lipinski definition) is 4. The molecule has 5 heteroatoms. The molecule has 0 spiro atoms. The molecule has 5 nitrogen and oxygen atoms in total. The van der Waals surface area contributed by atoms with Crippen LogP contribution in [0, 0.1) is 0 Å². The lowest BCUT2D eigenvalue weighted by atomic mass is 10.2. The van der Waals surface area contributed by atoms with Crippen LogP contribution in [0.1, 0.15) is 26.2 Å². The largest absolute Gasteiger partial charge is 0.503 e. The van der Waals surface area contributed by atoms with E-state index in [9.17, 15) is 0 Å². The molecule has 1 aliphatic heterocycles. The van der Waals surface area contributed by atoms with Crippen molar-refractivity contribution in [2.45, 2.75) is 26.2 Å². The number of carbonyl (C=O) groups is 1. The van der Waals surface area contributed by atoms with Gasteiger partial charge in [0.2, 0.25) is 0 Å². The fraction of sp³-hybridized carbons (Fsp3) is 0.875. The van der Waals surface area contributed by atoms with Crippen molar-refractivity contribution in [3.05, 3.63) is 0 Å². The Kier molecular flexibility index (Phi) is 15.6. The summed E-state index contributed by atoms with van der Waals surface area (Å²) < 4.78 is 0. The molecule has 0 atom stereocenters. The van der Waals surface area contributed by atoms with E-state index in [1.54, 1.807) is 6.92 Å². The average Bonchev–Trinajstić information content (AvgIpc) is 2.08. The van der Waals surface area contributed by atoms with Crippen LogP contribution in [0.5, 0.6) is 0 Å². The first-order valence-corrected chi connectivity index (χ1v) is 4.38. The quantitative estimate of drug-likeness (QED) is 0.460. The van der Waals surface area contributed by atoms with E-state index >= 15 is 0 Å². The second kappa shape index (κ2) is 13.8. The minimum atomic E-state index is -1.83. The van der Waals surface area contributed by atoms with Gasteiger partial charge in [0.05, 0.1) is 0 Å². The number of hydrogen-bond acceptors (Lipinski definition) is 3. The summed E-state index contributed by atoms with van der Waals surface area (Å²) in [5.41, 5.74) is 0. The molecule has 4 N–H and O–H groups in total. The molecule has 0 unspecified atom stereocenters. The highest BCUT2D eigenvalue weighted by Gasteiger charge is 1.93. The van der Waals surface area contributed by atoms with Crippen LogP contribution in [-0.2, 0) is 0 Å². The summed E-state index contributed by atoms with van der Waals surface area (Å²) in [7, 11) is 0. The molecule has 13 heavy (non-hydrogen) atoms. The lowest BCUT2D eigenvalue weighted by Gasteiger charge is -2.08. The normalized spacial score (nSPS) is 14.3. The van der Waals surface area contributed by atoms with E-state index in [4.69, 9.17) is 20.1 Å². The van der Waals surface area contributed by atoms with E-state index in [0.29, 0.717) is 0 Å². The molecule has 0 aromatic rings. The highest BCUT2D eigenvalue weighted by Crippen LogP contribution is 1.96. The Balaban J connectivity index is 0. The van der Waals surface area contributed by atoms with Crippen LogP contribution in [0.15, 0.2) is 0 Å². The van der Waals surface area contributed by atoms with Crippen LogP contribution < -0.4 is 5.32 Å². The summed E-state index contributed by atoms with van der Waals surface area (Å²) in [5, 5.41) is 24.8. The van der Waals surface area contributed by atoms with Crippen molar-refractivity contribution in [3.63, 3.8) is 0 Å². The van der Waals surface area contributed by atoms with Crippen LogP contribution in [0.25, 0.3) is 0 Å². The number of carboxylic acid groups (broad SMARTS) is 2. The van der Waals surface area contributed by atoms with Crippen molar-refractivity contribution < 1.29 is 20.1 Å². The van der Waals surface area contributed by atoms with Crippen molar-refractivity contribution in [1.29, 1.82) is 0 Å². The lowest BCUT2D eigenvalue weighted by molar-refractivity contribution is 0.137. The van der Waals surface area contributed by atoms with Crippen LogP contribution in [0.3, 0.4) is 0 Å². The maximum atomic E-state index is 8.56. The monoisotopic (exact) mass is 193 g/mol. The van der Waals surface area contributed by atoms with Gasteiger partial charge in [0.25, 0.3) is 0 Å². The summed E-state index contributed by atoms with van der Waals surface area (Å²) in [5.74, 6) is 0. The van der Waals surface area contributed by atoms with E-state index < -0.39 is 6.16 Å². The lowest BCUT2D eigenvalue weighted by Crippen LogP contribution is -2.21. The predicted molar refractivity (Wildman–Crippen MR) is 50.1 cm³/mol. The summed E-state index contributed by atoms with van der Waals surface area (Å²) in [6.07, 6.45) is 2.38. The van der Waals surface area contributed by atoms with Gasteiger partial charge in [-0.1, -0.05) is 6.42 Å². The second-order valence-electron chi connectivity index (χ2n) is 2.41. The van der Waals surface area contributed by atoms with Crippen molar-refractivity contribution in [3.8, 4) is 0 Å². The third-order valence-electron chi connectivity index (χ3n) is 1.21.